The summed E-state index contributed by atoms with van der Waals surface area (Å²) < 4.78 is 0. The Balaban J connectivity index is 1.79. The Labute approximate surface area is 168 Å². The molecule has 0 bridgehead atoms. The second kappa shape index (κ2) is 7.45. The predicted molar refractivity (Wildman–Crippen MR) is 115 cm³/mol. The van der Waals surface area contributed by atoms with Gasteiger partial charge in [-0.25, -0.2) is 4.98 Å². The molecule has 4 aromatic rings. The van der Waals surface area contributed by atoms with Crippen molar-refractivity contribution < 1.29 is 4.79 Å². The van der Waals surface area contributed by atoms with Crippen molar-refractivity contribution in [3.8, 4) is 28.3 Å². The summed E-state index contributed by atoms with van der Waals surface area (Å²) in [6.45, 7) is 3.54. The highest BCUT2D eigenvalue weighted by Gasteiger charge is 2.12. The van der Waals surface area contributed by atoms with Gasteiger partial charge in [-0.2, -0.15) is 5.26 Å². The van der Waals surface area contributed by atoms with E-state index in [2.05, 4.69) is 28.7 Å². The molecular weight excluding hydrogens is 360 g/mol. The number of amides is 1. The molecule has 5 nitrogen and oxygen atoms in total. The molecule has 140 valence electrons. The maximum atomic E-state index is 11.9. The molecule has 1 amide bonds. The number of likely N-dealkylation sites (N-methyl/N-ethyl adjacent to an activating group) is 1. The van der Waals surface area contributed by atoms with Crippen molar-refractivity contribution in [3.05, 3.63) is 85.2 Å². The number of hydrogen-bond acceptors (Lipinski definition) is 3. The van der Waals surface area contributed by atoms with Gasteiger partial charge < -0.3 is 9.88 Å². The second-order valence-electron chi connectivity index (χ2n) is 6.67. The molecule has 0 saturated carbocycles. The molecule has 2 aromatic carbocycles. The fourth-order valence-corrected chi connectivity index (χ4v) is 3.31. The maximum Gasteiger partial charge on any atom is 0.250 e. The standard InChI is InChI=1S/C24H18N4O/c1-3-23(29)28(2)20-9-5-7-17(11-20)19-12-21-22(15-27-24(21)26-14-19)18-8-4-6-16(10-18)13-25/h3-12,14-15H,1H2,2H3,(H,26,27). The van der Waals surface area contributed by atoms with Crippen LogP contribution in [0.3, 0.4) is 0 Å². The Hall–Kier alpha value is -4.17. The molecule has 4 rings (SSSR count). The van der Waals surface area contributed by atoms with Gasteiger partial charge in [-0.3, -0.25) is 4.79 Å². The van der Waals surface area contributed by atoms with Gasteiger partial charge in [-0.15, -0.1) is 0 Å². The average Bonchev–Trinajstić information content (AvgIpc) is 3.21. The number of nitriles is 1. The number of anilines is 1. The fraction of sp³-hybridized carbons (Fsp3) is 0.0417. The number of carbonyl (C=O) groups excluding carboxylic acids is 1. The summed E-state index contributed by atoms with van der Waals surface area (Å²) in [7, 11) is 1.72. The van der Waals surface area contributed by atoms with Crippen LogP contribution in [-0.4, -0.2) is 22.9 Å². The third-order valence-electron chi connectivity index (χ3n) is 4.91. The highest BCUT2D eigenvalue weighted by Crippen LogP contribution is 2.32. The Morgan fingerprint density at radius 1 is 1.14 bits per heavy atom. The minimum Gasteiger partial charge on any atom is -0.346 e. The number of nitrogens with zero attached hydrogens (tertiary/aromatic N) is 3. The van der Waals surface area contributed by atoms with Gasteiger partial charge in [0.15, 0.2) is 0 Å². The van der Waals surface area contributed by atoms with Gasteiger partial charge in [0.2, 0.25) is 5.91 Å². The molecule has 0 saturated heterocycles. The van der Waals surface area contributed by atoms with E-state index in [9.17, 15) is 10.1 Å². The molecule has 0 atom stereocenters. The monoisotopic (exact) mass is 378 g/mol. The van der Waals surface area contributed by atoms with Gasteiger partial charge in [-0.1, -0.05) is 30.8 Å². The van der Waals surface area contributed by atoms with E-state index in [1.54, 1.807) is 18.0 Å². The highest BCUT2D eigenvalue weighted by atomic mass is 16.2. The third kappa shape index (κ3) is 3.40. The van der Waals surface area contributed by atoms with E-state index in [1.165, 1.54) is 6.08 Å². The zero-order valence-electron chi connectivity index (χ0n) is 15.9. The van der Waals surface area contributed by atoms with E-state index in [-0.39, 0.29) is 5.91 Å². The SMILES string of the molecule is C=CC(=O)N(C)c1cccc(-c2cnc3[nH]cc(-c4cccc(C#N)c4)c3c2)c1. The van der Waals surface area contributed by atoms with Crippen LogP contribution >= 0.6 is 0 Å². The maximum absolute atomic E-state index is 11.9. The fourth-order valence-electron chi connectivity index (χ4n) is 3.31. The summed E-state index contributed by atoms with van der Waals surface area (Å²) in [4.78, 5) is 21.2. The molecule has 0 spiro atoms. The average molecular weight is 378 g/mol. The van der Waals surface area contributed by atoms with Crippen LogP contribution < -0.4 is 4.90 Å². The molecule has 2 heterocycles. The smallest absolute Gasteiger partial charge is 0.250 e. The lowest BCUT2D eigenvalue weighted by Gasteiger charge is -2.16. The van der Waals surface area contributed by atoms with E-state index in [0.717, 1.165) is 39.0 Å². The molecule has 0 radical (unpaired) electrons. The quantitative estimate of drug-likeness (QED) is 0.513. The first-order chi connectivity index (χ1) is 14.1. The van der Waals surface area contributed by atoms with Crippen LogP contribution in [0.5, 0.6) is 0 Å². The normalized spacial score (nSPS) is 10.5. The Kier molecular flexibility index (Phi) is 4.68. The number of benzene rings is 2. The summed E-state index contributed by atoms with van der Waals surface area (Å²) >= 11 is 0. The van der Waals surface area contributed by atoms with E-state index in [0.29, 0.717) is 5.56 Å². The first-order valence-corrected chi connectivity index (χ1v) is 9.09. The van der Waals surface area contributed by atoms with Crippen LogP contribution in [0.4, 0.5) is 5.69 Å². The number of pyridine rings is 1. The van der Waals surface area contributed by atoms with Gasteiger partial charge in [0, 0.05) is 41.6 Å². The van der Waals surface area contributed by atoms with Gasteiger partial charge in [-0.05, 0) is 47.5 Å². The van der Waals surface area contributed by atoms with Crippen LogP contribution in [0.1, 0.15) is 5.56 Å². The summed E-state index contributed by atoms with van der Waals surface area (Å²) in [6, 6.07) is 19.5. The summed E-state index contributed by atoms with van der Waals surface area (Å²) in [5.41, 5.74) is 6.02. The predicted octanol–water partition coefficient (Wildman–Crippen LogP) is 4.92. The molecular formula is C24H18N4O. The lowest BCUT2D eigenvalue weighted by atomic mass is 10.0. The zero-order chi connectivity index (χ0) is 20.4. The molecule has 5 heteroatoms. The van der Waals surface area contributed by atoms with E-state index in [4.69, 9.17) is 0 Å². The second-order valence-corrected chi connectivity index (χ2v) is 6.67. The van der Waals surface area contributed by atoms with Crippen LogP contribution in [0.15, 0.2) is 79.6 Å². The number of nitrogens with one attached hydrogen (secondary N) is 1. The van der Waals surface area contributed by atoms with Crippen molar-refractivity contribution in [2.75, 3.05) is 11.9 Å². The van der Waals surface area contributed by atoms with E-state index < -0.39 is 0 Å². The van der Waals surface area contributed by atoms with Crippen molar-refractivity contribution in [3.63, 3.8) is 0 Å². The van der Waals surface area contributed by atoms with Gasteiger partial charge in [0.05, 0.1) is 11.6 Å². The topological polar surface area (TPSA) is 72.8 Å². The molecule has 0 aliphatic rings. The molecule has 1 N–H and O–H groups in total. The Morgan fingerprint density at radius 3 is 2.72 bits per heavy atom. The number of hydrogen-bond donors (Lipinski definition) is 1. The summed E-state index contributed by atoms with van der Waals surface area (Å²) in [5.74, 6) is -0.166. The minimum absolute atomic E-state index is 0.166. The van der Waals surface area contributed by atoms with Crippen LogP contribution in [0.25, 0.3) is 33.3 Å². The van der Waals surface area contributed by atoms with E-state index in [1.807, 2.05) is 54.9 Å². The zero-order valence-corrected chi connectivity index (χ0v) is 15.9. The first-order valence-electron chi connectivity index (χ1n) is 9.09. The Bertz CT molecular complexity index is 1280. The number of rotatable bonds is 4. The first kappa shape index (κ1) is 18.2. The summed E-state index contributed by atoms with van der Waals surface area (Å²) in [5, 5.41) is 10.2. The van der Waals surface area contributed by atoms with Crippen molar-refractivity contribution in [1.82, 2.24) is 9.97 Å². The molecule has 29 heavy (non-hydrogen) atoms. The summed E-state index contributed by atoms with van der Waals surface area (Å²) in [6.07, 6.45) is 5.01. The number of aromatic nitrogens is 2. The molecule has 0 unspecified atom stereocenters. The highest BCUT2D eigenvalue weighted by molar-refractivity contribution is 6.01. The van der Waals surface area contributed by atoms with Crippen LogP contribution in [0.2, 0.25) is 0 Å². The Morgan fingerprint density at radius 2 is 1.93 bits per heavy atom. The number of aromatic amines is 1. The van der Waals surface area contributed by atoms with Crippen LogP contribution in [-0.2, 0) is 4.79 Å². The van der Waals surface area contributed by atoms with Crippen molar-refractivity contribution in [2.24, 2.45) is 0 Å². The number of carbonyl (C=O) groups is 1. The molecule has 2 aromatic heterocycles. The van der Waals surface area contributed by atoms with Gasteiger partial charge in [0.25, 0.3) is 0 Å². The lowest BCUT2D eigenvalue weighted by molar-refractivity contribution is -0.113. The van der Waals surface area contributed by atoms with Crippen molar-refractivity contribution in [1.29, 1.82) is 5.26 Å². The minimum atomic E-state index is -0.166. The van der Waals surface area contributed by atoms with Crippen LogP contribution in [0, 0.1) is 11.3 Å². The van der Waals surface area contributed by atoms with Crippen molar-refractivity contribution >= 4 is 22.6 Å². The third-order valence-corrected chi connectivity index (χ3v) is 4.91. The van der Waals surface area contributed by atoms with Crippen molar-refractivity contribution in [2.45, 2.75) is 0 Å². The number of H-pyrrole nitrogens is 1. The molecule has 0 aliphatic heterocycles. The van der Waals surface area contributed by atoms with Gasteiger partial charge in [0.1, 0.15) is 5.65 Å². The van der Waals surface area contributed by atoms with E-state index >= 15 is 0 Å². The lowest BCUT2D eigenvalue weighted by Crippen LogP contribution is -2.23. The largest absolute Gasteiger partial charge is 0.346 e. The van der Waals surface area contributed by atoms with Gasteiger partial charge >= 0.3 is 0 Å². The molecule has 0 aliphatic carbocycles. The number of fused-ring (bicyclic) bond motifs is 1. The molecule has 0 fully saturated rings.